The predicted molar refractivity (Wildman–Crippen MR) is 132 cm³/mol. The van der Waals surface area contributed by atoms with E-state index in [-0.39, 0.29) is 11.8 Å². The molecule has 1 aliphatic heterocycles. The van der Waals surface area contributed by atoms with E-state index in [4.69, 9.17) is 0 Å². The highest BCUT2D eigenvalue weighted by atomic mass is 16.2. The van der Waals surface area contributed by atoms with Gasteiger partial charge in [0, 0.05) is 19.3 Å². The number of aryl methyl sites for hydroxylation is 1. The molecule has 0 saturated carbocycles. The standard InChI is InChI=1S/C28H31N3O2/c1-20(2)23-12-10-22(11-13-23)17-27(32)31-16-6-9-25-26(31)18-24(19-30-25)28(33)29-15-14-21-7-4-3-5-8-21/h3-5,7-8,10-13,18-20H,6,9,14-17H2,1-2H3,(H,29,33). The van der Waals surface area contributed by atoms with Crippen LogP contribution in [0, 0.1) is 0 Å². The number of fused-ring (bicyclic) bond motifs is 1. The second-order valence-electron chi connectivity index (χ2n) is 8.90. The fourth-order valence-corrected chi connectivity index (χ4v) is 4.17. The summed E-state index contributed by atoms with van der Waals surface area (Å²) < 4.78 is 0. The van der Waals surface area contributed by atoms with Crippen LogP contribution in [-0.2, 0) is 24.1 Å². The Kier molecular flexibility index (Phi) is 7.18. The van der Waals surface area contributed by atoms with Crippen LogP contribution in [0.25, 0.3) is 0 Å². The smallest absolute Gasteiger partial charge is 0.252 e. The zero-order valence-corrected chi connectivity index (χ0v) is 19.4. The first-order valence-corrected chi connectivity index (χ1v) is 11.7. The van der Waals surface area contributed by atoms with Crippen molar-refractivity contribution in [2.24, 2.45) is 0 Å². The van der Waals surface area contributed by atoms with Crippen molar-refractivity contribution in [1.82, 2.24) is 10.3 Å². The summed E-state index contributed by atoms with van der Waals surface area (Å²) in [7, 11) is 0. The molecule has 2 heterocycles. The van der Waals surface area contributed by atoms with Gasteiger partial charge in [-0.25, -0.2) is 0 Å². The SMILES string of the molecule is CC(C)c1ccc(CC(=O)N2CCCc3ncc(C(=O)NCCc4ccccc4)cc32)cc1. The molecule has 5 heteroatoms. The molecular weight excluding hydrogens is 410 g/mol. The number of pyridine rings is 1. The van der Waals surface area contributed by atoms with Crippen LogP contribution >= 0.6 is 0 Å². The van der Waals surface area contributed by atoms with E-state index in [9.17, 15) is 9.59 Å². The molecule has 4 rings (SSSR count). The Labute approximate surface area is 195 Å². The van der Waals surface area contributed by atoms with Gasteiger partial charge in [0.2, 0.25) is 5.91 Å². The minimum atomic E-state index is -0.163. The van der Waals surface area contributed by atoms with Gasteiger partial charge in [-0.15, -0.1) is 0 Å². The third kappa shape index (κ3) is 5.67. The summed E-state index contributed by atoms with van der Waals surface area (Å²) in [5.41, 5.74) is 5.58. The number of nitrogens with zero attached hydrogens (tertiary/aromatic N) is 2. The first-order valence-electron chi connectivity index (χ1n) is 11.7. The molecule has 2 aromatic carbocycles. The number of hydrogen-bond acceptors (Lipinski definition) is 3. The predicted octanol–water partition coefficient (Wildman–Crippen LogP) is 4.70. The van der Waals surface area contributed by atoms with Gasteiger partial charge in [-0.3, -0.25) is 14.6 Å². The third-order valence-corrected chi connectivity index (χ3v) is 6.14. The van der Waals surface area contributed by atoms with Gasteiger partial charge in [-0.2, -0.15) is 0 Å². The monoisotopic (exact) mass is 441 g/mol. The Morgan fingerprint density at radius 2 is 1.79 bits per heavy atom. The Hall–Kier alpha value is -3.47. The van der Waals surface area contributed by atoms with Crippen LogP contribution in [-0.4, -0.2) is 29.9 Å². The lowest BCUT2D eigenvalue weighted by Gasteiger charge is -2.29. The molecule has 0 fully saturated rings. The minimum absolute atomic E-state index is 0.0386. The molecule has 0 atom stereocenters. The van der Waals surface area contributed by atoms with Crippen LogP contribution in [0.15, 0.2) is 66.9 Å². The number of carbonyl (C=O) groups is 2. The number of hydrogen-bond donors (Lipinski definition) is 1. The van der Waals surface area contributed by atoms with E-state index < -0.39 is 0 Å². The summed E-state index contributed by atoms with van der Waals surface area (Å²) in [5.74, 6) is 0.340. The summed E-state index contributed by atoms with van der Waals surface area (Å²) in [4.78, 5) is 32.2. The fraction of sp³-hybridized carbons (Fsp3) is 0.321. The quantitative estimate of drug-likeness (QED) is 0.578. The Bertz CT molecular complexity index is 1110. The van der Waals surface area contributed by atoms with Gasteiger partial charge in [0.1, 0.15) is 0 Å². The van der Waals surface area contributed by atoms with Crippen LogP contribution in [0.2, 0.25) is 0 Å². The van der Waals surface area contributed by atoms with Gasteiger partial charge in [-0.05, 0) is 47.9 Å². The molecule has 0 saturated heterocycles. The highest BCUT2D eigenvalue weighted by Crippen LogP contribution is 2.27. The van der Waals surface area contributed by atoms with Gasteiger partial charge < -0.3 is 10.2 Å². The highest BCUT2D eigenvalue weighted by molar-refractivity contribution is 5.99. The summed E-state index contributed by atoms with van der Waals surface area (Å²) in [6, 6.07) is 20.1. The summed E-state index contributed by atoms with van der Waals surface area (Å²) >= 11 is 0. The molecule has 2 amide bonds. The van der Waals surface area contributed by atoms with Crippen molar-refractivity contribution in [1.29, 1.82) is 0 Å². The maximum Gasteiger partial charge on any atom is 0.252 e. The molecule has 1 aromatic heterocycles. The van der Waals surface area contributed by atoms with Gasteiger partial charge in [0.05, 0.1) is 23.4 Å². The first kappa shape index (κ1) is 22.7. The Balaban J connectivity index is 1.43. The summed E-state index contributed by atoms with van der Waals surface area (Å²) in [6.07, 6.45) is 4.42. The van der Waals surface area contributed by atoms with Gasteiger partial charge in [0.25, 0.3) is 5.91 Å². The number of rotatable bonds is 7. The first-order chi connectivity index (χ1) is 16.0. The number of aromatic nitrogens is 1. The van der Waals surface area contributed by atoms with Crippen LogP contribution in [0.1, 0.15) is 58.9 Å². The Morgan fingerprint density at radius 1 is 1.03 bits per heavy atom. The number of amides is 2. The molecule has 0 aliphatic carbocycles. The molecule has 170 valence electrons. The second-order valence-corrected chi connectivity index (χ2v) is 8.90. The maximum atomic E-state index is 13.2. The average molecular weight is 442 g/mol. The van der Waals surface area contributed by atoms with Gasteiger partial charge >= 0.3 is 0 Å². The molecule has 1 N–H and O–H groups in total. The normalized spacial score (nSPS) is 13.0. The van der Waals surface area contributed by atoms with Crippen molar-refractivity contribution in [2.45, 2.75) is 45.4 Å². The molecule has 33 heavy (non-hydrogen) atoms. The molecule has 5 nitrogen and oxygen atoms in total. The van der Waals surface area contributed by atoms with E-state index >= 15 is 0 Å². The van der Waals surface area contributed by atoms with E-state index in [0.29, 0.717) is 31.0 Å². The average Bonchev–Trinajstić information content (AvgIpc) is 2.84. The largest absolute Gasteiger partial charge is 0.352 e. The molecular formula is C28H31N3O2. The van der Waals surface area contributed by atoms with Crippen LogP contribution in [0.3, 0.4) is 0 Å². The van der Waals surface area contributed by atoms with Gasteiger partial charge in [-0.1, -0.05) is 68.4 Å². The molecule has 0 radical (unpaired) electrons. The molecule has 3 aromatic rings. The van der Waals surface area contributed by atoms with E-state index in [0.717, 1.165) is 36.2 Å². The second kappa shape index (κ2) is 10.4. The molecule has 0 spiro atoms. The number of carbonyl (C=O) groups excluding carboxylic acids is 2. The molecule has 0 bridgehead atoms. The number of anilines is 1. The topological polar surface area (TPSA) is 62.3 Å². The zero-order valence-electron chi connectivity index (χ0n) is 19.4. The van der Waals surface area contributed by atoms with E-state index in [1.54, 1.807) is 11.1 Å². The van der Waals surface area contributed by atoms with Gasteiger partial charge in [0.15, 0.2) is 0 Å². The fourth-order valence-electron chi connectivity index (χ4n) is 4.17. The minimum Gasteiger partial charge on any atom is -0.352 e. The maximum absolute atomic E-state index is 13.2. The highest BCUT2D eigenvalue weighted by Gasteiger charge is 2.25. The van der Waals surface area contributed by atoms with Crippen LogP contribution in [0.5, 0.6) is 0 Å². The zero-order chi connectivity index (χ0) is 23.2. The lowest BCUT2D eigenvalue weighted by molar-refractivity contribution is -0.118. The van der Waals surface area contributed by atoms with Crippen molar-refractivity contribution in [2.75, 3.05) is 18.0 Å². The summed E-state index contributed by atoms with van der Waals surface area (Å²) in [5, 5.41) is 2.97. The van der Waals surface area contributed by atoms with Crippen molar-refractivity contribution < 1.29 is 9.59 Å². The lowest BCUT2D eigenvalue weighted by Crippen LogP contribution is -2.37. The molecule has 0 unspecified atom stereocenters. The van der Waals surface area contributed by atoms with E-state index in [2.05, 4.69) is 36.3 Å². The van der Waals surface area contributed by atoms with Crippen LogP contribution in [0.4, 0.5) is 5.69 Å². The van der Waals surface area contributed by atoms with Crippen molar-refractivity contribution in [3.05, 3.63) is 94.8 Å². The van der Waals surface area contributed by atoms with E-state index in [1.165, 1.54) is 11.1 Å². The van der Waals surface area contributed by atoms with E-state index in [1.807, 2.05) is 48.5 Å². The van der Waals surface area contributed by atoms with Crippen molar-refractivity contribution in [3.63, 3.8) is 0 Å². The number of nitrogens with one attached hydrogen (secondary N) is 1. The summed E-state index contributed by atoms with van der Waals surface area (Å²) in [6.45, 7) is 5.52. The van der Waals surface area contributed by atoms with Crippen molar-refractivity contribution in [3.8, 4) is 0 Å². The third-order valence-electron chi connectivity index (χ3n) is 6.14. The lowest BCUT2D eigenvalue weighted by atomic mass is 10.00. The molecule has 1 aliphatic rings. The van der Waals surface area contributed by atoms with Crippen LogP contribution < -0.4 is 10.2 Å². The Morgan fingerprint density at radius 3 is 2.52 bits per heavy atom. The van der Waals surface area contributed by atoms with Crippen molar-refractivity contribution >= 4 is 17.5 Å². The number of benzene rings is 2.